The second-order valence-electron chi connectivity index (χ2n) is 4.19. The number of nitrogens with one attached hydrogen (secondary N) is 1. The maximum Gasteiger partial charge on any atom is 0.242 e. The van der Waals surface area contributed by atoms with E-state index in [1.54, 1.807) is 12.3 Å². The van der Waals surface area contributed by atoms with Crippen LogP contribution in [0.25, 0.3) is 0 Å². The predicted octanol–water partition coefficient (Wildman–Crippen LogP) is 1.64. The van der Waals surface area contributed by atoms with E-state index in [1.807, 2.05) is 0 Å². The van der Waals surface area contributed by atoms with E-state index in [2.05, 4.69) is 11.6 Å². The Morgan fingerprint density at radius 3 is 2.79 bits per heavy atom. The van der Waals surface area contributed by atoms with Crippen molar-refractivity contribution in [3.05, 3.63) is 15.8 Å². The number of aliphatic hydroxyl groups is 1. The molecule has 0 amide bonds. The molecule has 0 bridgehead atoms. The highest BCUT2D eigenvalue weighted by Crippen LogP contribution is 2.26. The van der Waals surface area contributed by atoms with Crippen LogP contribution in [-0.2, 0) is 21.4 Å². The maximum absolute atomic E-state index is 12.1. The van der Waals surface area contributed by atoms with Crippen LogP contribution in [-0.4, -0.2) is 33.3 Å². The Hall–Kier alpha value is -0.470. The molecule has 19 heavy (non-hydrogen) atoms. The van der Waals surface area contributed by atoms with Gasteiger partial charge in [0.15, 0.2) is 0 Å². The number of hydrogen-bond donors (Lipinski definition) is 2. The summed E-state index contributed by atoms with van der Waals surface area (Å²) >= 11 is 1.25. The summed E-state index contributed by atoms with van der Waals surface area (Å²) < 4.78 is 32.0. The number of sulfonamides is 1. The van der Waals surface area contributed by atoms with Gasteiger partial charge in [0, 0.05) is 13.2 Å². The molecule has 0 aliphatic carbocycles. The zero-order valence-electron chi connectivity index (χ0n) is 11.3. The predicted molar refractivity (Wildman–Crippen MR) is 75.9 cm³/mol. The molecule has 0 atom stereocenters. The summed E-state index contributed by atoms with van der Waals surface area (Å²) in [5, 5.41) is 10.9. The highest BCUT2D eigenvalue weighted by Gasteiger charge is 2.21. The molecule has 0 saturated carbocycles. The zero-order chi connectivity index (χ0) is 14.3. The molecule has 5 nitrogen and oxygen atoms in total. The van der Waals surface area contributed by atoms with Gasteiger partial charge in [0.05, 0.1) is 18.1 Å². The largest absolute Gasteiger partial charge is 0.391 e. The van der Waals surface area contributed by atoms with Crippen molar-refractivity contribution in [3.8, 4) is 0 Å². The SMILES string of the molecule is CCCCOCCNS(=O)(=O)c1c(C)csc1CO. The van der Waals surface area contributed by atoms with E-state index in [4.69, 9.17) is 9.84 Å². The third kappa shape index (κ3) is 4.85. The Kier molecular flexibility index (Phi) is 6.95. The summed E-state index contributed by atoms with van der Waals surface area (Å²) in [5.74, 6) is 0. The van der Waals surface area contributed by atoms with Crippen molar-refractivity contribution in [2.75, 3.05) is 19.8 Å². The number of aryl methyl sites for hydroxylation is 1. The van der Waals surface area contributed by atoms with Crippen molar-refractivity contribution in [2.45, 2.75) is 38.2 Å². The van der Waals surface area contributed by atoms with E-state index < -0.39 is 10.0 Å². The van der Waals surface area contributed by atoms with Gasteiger partial charge < -0.3 is 9.84 Å². The fourth-order valence-corrected chi connectivity index (χ4v) is 4.30. The minimum absolute atomic E-state index is 0.202. The molecule has 0 aliphatic rings. The van der Waals surface area contributed by atoms with Crippen LogP contribution >= 0.6 is 11.3 Å². The van der Waals surface area contributed by atoms with Crippen LogP contribution < -0.4 is 4.72 Å². The van der Waals surface area contributed by atoms with E-state index >= 15 is 0 Å². The van der Waals surface area contributed by atoms with Crippen molar-refractivity contribution in [1.82, 2.24) is 4.72 Å². The number of thiophene rings is 1. The topological polar surface area (TPSA) is 75.6 Å². The van der Waals surface area contributed by atoms with E-state index in [-0.39, 0.29) is 18.0 Å². The Morgan fingerprint density at radius 1 is 1.42 bits per heavy atom. The molecule has 1 aromatic rings. The Labute approximate surface area is 118 Å². The van der Waals surface area contributed by atoms with Gasteiger partial charge in [-0.1, -0.05) is 13.3 Å². The molecular weight excluding hydrogens is 286 g/mol. The van der Waals surface area contributed by atoms with Crippen LogP contribution in [0.3, 0.4) is 0 Å². The standard InChI is InChI=1S/C12H21NO4S2/c1-3-4-6-17-7-5-13-19(15,16)12-10(2)9-18-11(12)8-14/h9,13-14H,3-8H2,1-2H3. The third-order valence-corrected chi connectivity index (χ3v) is 5.49. The van der Waals surface area contributed by atoms with Gasteiger partial charge in [0.25, 0.3) is 0 Å². The lowest BCUT2D eigenvalue weighted by molar-refractivity contribution is 0.136. The van der Waals surface area contributed by atoms with Crippen molar-refractivity contribution >= 4 is 21.4 Å². The normalized spacial score (nSPS) is 11.9. The van der Waals surface area contributed by atoms with Gasteiger partial charge in [-0.3, -0.25) is 0 Å². The average Bonchev–Trinajstić information content (AvgIpc) is 2.75. The molecule has 0 aliphatic heterocycles. The maximum atomic E-state index is 12.1. The van der Waals surface area contributed by atoms with Crippen molar-refractivity contribution in [2.24, 2.45) is 0 Å². The smallest absolute Gasteiger partial charge is 0.242 e. The number of aliphatic hydroxyl groups excluding tert-OH is 1. The van der Waals surface area contributed by atoms with Crippen LogP contribution in [0.5, 0.6) is 0 Å². The van der Waals surface area contributed by atoms with E-state index in [0.29, 0.717) is 23.7 Å². The summed E-state index contributed by atoms with van der Waals surface area (Å²) in [4.78, 5) is 0.672. The van der Waals surface area contributed by atoms with E-state index in [1.165, 1.54) is 11.3 Å². The summed E-state index contributed by atoms with van der Waals surface area (Å²) in [7, 11) is -3.56. The molecule has 0 radical (unpaired) electrons. The Balaban J connectivity index is 2.54. The Morgan fingerprint density at radius 2 is 2.16 bits per heavy atom. The van der Waals surface area contributed by atoms with Crippen LogP contribution in [0.4, 0.5) is 0 Å². The summed E-state index contributed by atoms with van der Waals surface area (Å²) in [6.45, 7) is 4.78. The first-order valence-electron chi connectivity index (χ1n) is 6.28. The summed E-state index contributed by atoms with van der Waals surface area (Å²) in [6.07, 6.45) is 2.03. The van der Waals surface area contributed by atoms with Gasteiger partial charge in [-0.25, -0.2) is 13.1 Å². The summed E-state index contributed by atoms with van der Waals surface area (Å²) in [5.41, 5.74) is 0.661. The molecule has 0 spiro atoms. The van der Waals surface area contributed by atoms with Gasteiger partial charge in [-0.05, 0) is 24.3 Å². The monoisotopic (exact) mass is 307 g/mol. The average molecular weight is 307 g/mol. The number of unbranched alkanes of at least 4 members (excludes halogenated alkanes) is 1. The quantitative estimate of drug-likeness (QED) is 0.680. The first-order valence-corrected chi connectivity index (χ1v) is 8.64. The van der Waals surface area contributed by atoms with E-state index in [9.17, 15) is 8.42 Å². The van der Waals surface area contributed by atoms with Crippen molar-refractivity contribution in [3.63, 3.8) is 0 Å². The van der Waals surface area contributed by atoms with Crippen LogP contribution in [0, 0.1) is 6.92 Å². The molecule has 1 rings (SSSR count). The molecule has 0 aromatic carbocycles. The number of ether oxygens (including phenoxy) is 1. The fraction of sp³-hybridized carbons (Fsp3) is 0.667. The Bertz CT molecular complexity index is 482. The van der Waals surface area contributed by atoms with Gasteiger partial charge in [0.2, 0.25) is 10.0 Å². The molecule has 1 aromatic heterocycles. The first-order chi connectivity index (χ1) is 9.03. The summed E-state index contributed by atoms with van der Waals surface area (Å²) in [6, 6.07) is 0. The lowest BCUT2D eigenvalue weighted by atomic mass is 10.3. The second-order valence-corrected chi connectivity index (χ2v) is 6.86. The van der Waals surface area contributed by atoms with Crippen LogP contribution in [0.1, 0.15) is 30.2 Å². The van der Waals surface area contributed by atoms with Crippen LogP contribution in [0.2, 0.25) is 0 Å². The first kappa shape index (κ1) is 16.6. The molecule has 0 unspecified atom stereocenters. The van der Waals surface area contributed by atoms with E-state index in [0.717, 1.165) is 12.8 Å². The number of hydrogen-bond acceptors (Lipinski definition) is 5. The molecule has 110 valence electrons. The lowest BCUT2D eigenvalue weighted by Gasteiger charge is -2.08. The van der Waals surface area contributed by atoms with Crippen molar-refractivity contribution < 1.29 is 18.3 Å². The molecule has 0 fully saturated rings. The molecule has 2 N–H and O–H groups in total. The molecule has 0 saturated heterocycles. The third-order valence-electron chi connectivity index (χ3n) is 2.58. The molecule has 7 heteroatoms. The second kappa shape index (κ2) is 7.96. The minimum Gasteiger partial charge on any atom is -0.391 e. The van der Waals surface area contributed by atoms with Gasteiger partial charge >= 0.3 is 0 Å². The highest BCUT2D eigenvalue weighted by atomic mass is 32.2. The lowest BCUT2D eigenvalue weighted by Crippen LogP contribution is -2.28. The minimum atomic E-state index is -3.56. The van der Waals surface area contributed by atoms with Gasteiger partial charge in [-0.2, -0.15) is 0 Å². The highest BCUT2D eigenvalue weighted by molar-refractivity contribution is 7.89. The van der Waals surface area contributed by atoms with Gasteiger partial charge in [-0.15, -0.1) is 11.3 Å². The van der Waals surface area contributed by atoms with Gasteiger partial charge in [0.1, 0.15) is 4.90 Å². The fourth-order valence-electron chi connectivity index (χ4n) is 1.63. The number of rotatable bonds is 9. The zero-order valence-corrected chi connectivity index (χ0v) is 12.9. The van der Waals surface area contributed by atoms with Crippen LogP contribution in [0.15, 0.2) is 10.3 Å². The molecule has 1 heterocycles. The molecular formula is C12H21NO4S2. The van der Waals surface area contributed by atoms with Crippen molar-refractivity contribution in [1.29, 1.82) is 0 Å².